The lowest BCUT2D eigenvalue weighted by atomic mass is 9.91. The van der Waals surface area contributed by atoms with Crippen LogP contribution in [0.3, 0.4) is 0 Å². The second kappa shape index (κ2) is 5.49. The van der Waals surface area contributed by atoms with Crippen LogP contribution in [-0.4, -0.2) is 45.5 Å². The summed E-state index contributed by atoms with van der Waals surface area (Å²) in [6.45, 7) is 10.1. The summed E-state index contributed by atoms with van der Waals surface area (Å²) in [6.07, 6.45) is 1.97. The number of amides is 1. The number of nitrogens with one attached hydrogen (secondary N) is 1. The van der Waals surface area contributed by atoms with Gasteiger partial charge in [-0.3, -0.25) is 14.5 Å². The Balaban J connectivity index is 2.89. The molecule has 0 radical (unpaired) electrons. The topological polar surface area (TPSA) is 69.6 Å². The van der Waals surface area contributed by atoms with Gasteiger partial charge >= 0.3 is 5.97 Å². The quantitative estimate of drug-likeness (QED) is 0.814. The van der Waals surface area contributed by atoms with Gasteiger partial charge in [0.1, 0.15) is 5.54 Å². The molecule has 110 valence electrons. The fraction of sp³-hybridized carbons (Fsp3) is 0.857. The second-order valence-electron chi connectivity index (χ2n) is 6.40. The van der Waals surface area contributed by atoms with E-state index in [0.717, 1.165) is 6.42 Å². The highest BCUT2D eigenvalue weighted by Crippen LogP contribution is 2.34. The molecule has 1 amide bonds. The molecule has 0 aromatic carbocycles. The maximum atomic E-state index is 12.2. The normalized spacial score (nSPS) is 26.2. The van der Waals surface area contributed by atoms with Gasteiger partial charge in [0.15, 0.2) is 0 Å². The standard InChI is InChI=1S/C14H26N2O3/c1-6-14(12(18)19)8-7-9-16(14)10(2)11(17)15-13(3,4)5/h10H,6-9H2,1-5H3,(H,15,17)(H,18,19). The van der Waals surface area contributed by atoms with Crippen molar-refractivity contribution in [1.82, 2.24) is 10.2 Å². The van der Waals surface area contributed by atoms with Gasteiger partial charge in [-0.25, -0.2) is 0 Å². The van der Waals surface area contributed by atoms with Crippen LogP contribution in [0.5, 0.6) is 0 Å². The maximum absolute atomic E-state index is 12.2. The van der Waals surface area contributed by atoms with Crippen LogP contribution in [0.25, 0.3) is 0 Å². The lowest BCUT2D eigenvalue weighted by Crippen LogP contribution is -2.59. The van der Waals surface area contributed by atoms with E-state index in [-0.39, 0.29) is 11.4 Å². The molecule has 19 heavy (non-hydrogen) atoms. The van der Waals surface area contributed by atoms with E-state index in [1.165, 1.54) is 0 Å². The molecule has 0 aromatic rings. The minimum Gasteiger partial charge on any atom is -0.480 e. The third kappa shape index (κ3) is 3.26. The van der Waals surface area contributed by atoms with Gasteiger partial charge in [-0.15, -0.1) is 0 Å². The number of likely N-dealkylation sites (tertiary alicyclic amines) is 1. The minimum absolute atomic E-state index is 0.103. The van der Waals surface area contributed by atoms with Crippen LogP contribution in [-0.2, 0) is 9.59 Å². The Bertz CT molecular complexity index is 362. The predicted molar refractivity (Wildman–Crippen MR) is 74.0 cm³/mol. The Morgan fingerprint density at radius 1 is 1.42 bits per heavy atom. The molecule has 0 spiro atoms. The lowest BCUT2D eigenvalue weighted by molar-refractivity contribution is -0.152. The zero-order chi connectivity index (χ0) is 14.8. The Morgan fingerprint density at radius 2 is 2.00 bits per heavy atom. The first-order valence-corrected chi connectivity index (χ1v) is 6.96. The van der Waals surface area contributed by atoms with Crippen LogP contribution in [0.2, 0.25) is 0 Å². The molecule has 0 aliphatic carbocycles. The molecule has 2 N–H and O–H groups in total. The molecule has 5 nitrogen and oxygen atoms in total. The van der Waals surface area contributed by atoms with E-state index in [4.69, 9.17) is 0 Å². The summed E-state index contributed by atoms with van der Waals surface area (Å²) in [5.74, 6) is -0.920. The molecular weight excluding hydrogens is 244 g/mol. The third-order valence-corrected chi connectivity index (χ3v) is 3.87. The van der Waals surface area contributed by atoms with E-state index < -0.39 is 17.6 Å². The fourth-order valence-corrected chi connectivity index (χ4v) is 2.84. The summed E-state index contributed by atoms with van der Waals surface area (Å²) < 4.78 is 0. The van der Waals surface area contributed by atoms with Crippen molar-refractivity contribution in [3.8, 4) is 0 Å². The average Bonchev–Trinajstić information content (AvgIpc) is 2.70. The molecule has 1 saturated heterocycles. The largest absolute Gasteiger partial charge is 0.480 e. The first-order chi connectivity index (χ1) is 8.64. The van der Waals surface area contributed by atoms with Gasteiger partial charge in [0.05, 0.1) is 6.04 Å². The van der Waals surface area contributed by atoms with Gasteiger partial charge in [-0.2, -0.15) is 0 Å². The van der Waals surface area contributed by atoms with Crippen LogP contribution in [0.4, 0.5) is 0 Å². The number of rotatable bonds is 4. The maximum Gasteiger partial charge on any atom is 0.324 e. The van der Waals surface area contributed by atoms with Crippen molar-refractivity contribution < 1.29 is 14.7 Å². The zero-order valence-electron chi connectivity index (χ0n) is 12.6. The van der Waals surface area contributed by atoms with E-state index in [9.17, 15) is 14.7 Å². The number of carboxylic acid groups (broad SMARTS) is 1. The molecular formula is C14H26N2O3. The molecule has 0 saturated carbocycles. The first kappa shape index (κ1) is 16.0. The van der Waals surface area contributed by atoms with Gasteiger partial charge in [0.2, 0.25) is 5.91 Å². The van der Waals surface area contributed by atoms with Gasteiger partial charge in [-0.05, 0) is 47.0 Å². The monoisotopic (exact) mass is 270 g/mol. The number of aliphatic carboxylic acids is 1. The highest BCUT2D eigenvalue weighted by atomic mass is 16.4. The summed E-state index contributed by atoms with van der Waals surface area (Å²) >= 11 is 0. The number of hydrogen-bond acceptors (Lipinski definition) is 3. The molecule has 0 bridgehead atoms. The minimum atomic E-state index is -0.880. The van der Waals surface area contributed by atoms with Gasteiger partial charge in [-0.1, -0.05) is 6.92 Å². The highest BCUT2D eigenvalue weighted by molar-refractivity contribution is 5.85. The van der Waals surface area contributed by atoms with Crippen LogP contribution >= 0.6 is 0 Å². The molecule has 1 fully saturated rings. The molecule has 1 heterocycles. The van der Waals surface area contributed by atoms with Crippen LogP contribution in [0.15, 0.2) is 0 Å². The number of nitrogens with zero attached hydrogens (tertiary/aromatic N) is 1. The van der Waals surface area contributed by atoms with E-state index in [1.807, 2.05) is 32.6 Å². The first-order valence-electron chi connectivity index (χ1n) is 6.96. The van der Waals surface area contributed by atoms with Crippen molar-refractivity contribution in [2.45, 2.75) is 71.0 Å². The molecule has 2 unspecified atom stereocenters. The van der Waals surface area contributed by atoms with Crippen molar-refractivity contribution in [2.24, 2.45) is 0 Å². The van der Waals surface area contributed by atoms with Crippen LogP contribution in [0, 0.1) is 0 Å². The number of carbonyl (C=O) groups is 2. The smallest absolute Gasteiger partial charge is 0.324 e. The number of carboxylic acids is 1. The molecule has 1 aliphatic heterocycles. The van der Waals surface area contributed by atoms with E-state index in [2.05, 4.69) is 5.32 Å². The van der Waals surface area contributed by atoms with Crippen molar-refractivity contribution >= 4 is 11.9 Å². The van der Waals surface area contributed by atoms with Crippen molar-refractivity contribution in [1.29, 1.82) is 0 Å². The summed E-state index contributed by atoms with van der Waals surface area (Å²) in [5.41, 5.74) is -1.18. The second-order valence-corrected chi connectivity index (χ2v) is 6.40. The lowest BCUT2D eigenvalue weighted by Gasteiger charge is -2.38. The zero-order valence-corrected chi connectivity index (χ0v) is 12.6. The SMILES string of the molecule is CCC1(C(=O)O)CCCN1C(C)C(=O)NC(C)(C)C. The Kier molecular flexibility index (Phi) is 4.61. The molecule has 2 atom stereocenters. The van der Waals surface area contributed by atoms with Crippen molar-refractivity contribution in [2.75, 3.05) is 6.54 Å². The van der Waals surface area contributed by atoms with Crippen molar-refractivity contribution in [3.63, 3.8) is 0 Å². The Labute approximate surface area is 115 Å². The highest BCUT2D eigenvalue weighted by Gasteiger charge is 2.49. The average molecular weight is 270 g/mol. The van der Waals surface area contributed by atoms with Gasteiger partial charge < -0.3 is 10.4 Å². The van der Waals surface area contributed by atoms with E-state index in [1.54, 1.807) is 6.92 Å². The van der Waals surface area contributed by atoms with Crippen LogP contribution < -0.4 is 5.32 Å². The number of hydrogen-bond donors (Lipinski definition) is 2. The van der Waals surface area contributed by atoms with Gasteiger partial charge in [0.25, 0.3) is 0 Å². The van der Waals surface area contributed by atoms with E-state index >= 15 is 0 Å². The summed E-state index contributed by atoms with van der Waals surface area (Å²) in [7, 11) is 0. The van der Waals surface area contributed by atoms with Gasteiger partial charge in [0, 0.05) is 12.1 Å². The predicted octanol–water partition coefficient (Wildman–Crippen LogP) is 1.62. The molecule has 0 aromatic heterocycles. The molecule has 5 heteroatoms. The molecule has 1 rings (SSSR count). The summed E-state index contributed by atoms with van der Waals surface area (Å²) in [6, 6.07) is -0.419. The van der Waals surface area contributed by atoms with Crippen LogP contribution in [0.1, 0.15) is 53.9 Å². The Hall–Kier alpha value is -1.10. The third-order valence-electron chi connectivity index (χ3n) is 3.87. The summed E-state index contributed by atoms with van der Waals surface area (Å²) in [5, 5.41) is 12.4. The Morgan fingerprint density at radius 3 is 2.42 bits per heavy atom. The summed E-state index contributed by atoms with van der Waals surface area (Å²) in [4.78, 5) is 25.7. The number of carbonyl (C=O) groups excluding carboxylic acids is 1. The van der Waals surface area contributed by atoms with E-state index in [0.29, 0.717) is 19.4 Å². The van der Waals surface area contributed by atoms with Crippen molar-refractivity contribution in [3.05, 3.63) is 0 Å². The fourth-order valence-electron chi connectivity index (χ4n) is 2.84. The molecule has 1 aliphatic rings.